The van der Waals surface area contributed by atoms with Crippen molar-refractivity contribution in [3.8, 4) is 0 Å². The zero-order chi connectivity index (χ0) is 50.2. The van der Waals surface area contributed by atoms with Crippen molar-refractivity contribution in [2.45, 2.75) is 274 Å². The number of carbonyl (C=O) groups excluding carboxylic acids is 4. The van der Waals surface area contributed by atoms with Crippen molar-refractivity contribution in [3.63, 3.8) is 0 Å². The lowest BCUT2D eigenvalue weighted by Crippen LogP contribution is -2.58. The van der Waals surface area contributed by atoms with Gasteiger partial charge in [-0.15, -0.1) is 0 Å². The van der Waals surface area contributed by atoms with Crippen LogP contribution in [0.5, 0.6) is 0 Å². The molecule has 0 heterocycles. The Morgan fingerprint density at radius 2 is 0.706 bits per heavy atom. The first-order chi connectivity index (χ1) is 32.6. The summed E-state index contributed by atoms with van der Waals surface area (Å²) in [4.78, 5) is 56.2. The molecule has 0 aromatic carbocycles. The number of carbonyl (C=O) groups is 4. The molecule has 0 N–H and O–H groups in total. The summed E-state index contributed by atoms with van der Waals surface area (Å²) in [6, 6.07) is 0. The van der Waals surface area contributed by atoms with Crippen molar-refractivity contribution < 1.29 is 38.1 Å². The quantitative estimate of drug-likeness (QED) is 0.0336. The molecular formula is C59H109NO8. The van der Waals surface area contributed by atoms with Gasteiger partial charge in [0.1, 0.15) is 0 Å². The number of nitrogens with zero attached hydrogens (tertiary/aromatic N) is 1. The average Bonchev–Trinajstić information content (AvgIpc) is 3.29. The highest BCUT2D eigenvalue weighted by atomic mass is 16.5. The van der Waals surface area contributed by atoms with Gasteiger partial charge in [0.25, 0.3) is 0 Å². The van der Waals surface area contributed by atoms with Crippen LogP contribution in [0.15, 0.2) is 0 Å². The molecular weight excluding hydrogens is 851 g/mol. The minimum Gasteiger partial charge on any atom is -0.465 e. The van der Waals surface area contributed by atoms with E-state index >= 15 is 0 Å². The third-order valence-electron chi connectivity index (χ3n) is 15.7. The van der Waals surface area contributed by atoms with E-state index in [-0.39, 0.29) is 50.3 Å². The Hall–Kier alpha value is -2.16. The summed E-state index contributed by atoms with van der Waals surface area (Å²) in [5.41, 5.74) is -1.80. The molecule has 0 saturated heterocycles. The Morgan fingerprint density at radius 3 is 1.06 bits per heavy atom. The van der Waals surface area contributed by atoms with Crippen molar-refractivity contribution in [2.75, 3.05) is 46.1 Å². The van der Waals surface area contributed by atoms with Crippen molar-refractivity contribution in [1.29, 1.82) is 0 Å². The van der Waals surface area contributed by atoms with Crippen LogP contribution in [0.3, 0.4) is 0 Å². The van der Waals surface area contributed by atoms with E-state index in [1.165, 1.54) is 77.0 Å². The highest BCUT2D eigenvalue weighted by molar-refractivity contribution is 5.70. The normalized spacial score (nSPS) is 22.5. The van der Waals surface area contributed by atoms with Crippen LogP contribution in [0.1, 0.15) is 274 Å². The molecule has 4 unspecified atom stereocenters. The maximum absolute atomic E-state index is 13.6. The van der Waals surface area contributed by atoms with E-state index in [1.54, 1.807) is 0 Å². The number of unbranched alkanes of at least 4 members (excludes halogenated alkanes) is 10. The molecule has 0 spiro atoms. The van der Waals surface area contributed by atoms with E-state index in [4.69, 9.17) is 18.9 Å². The SMILES string of the molecule is CCCCCCCCCCCCCC(=O)OCC12CC(C)(COC(=O)CCCC(CCC)CCC)CC(COC(=O)CCCC(CCC)CCC)(CC(C)(COC(=O)CCCN(CC)CC)C1)C2. The maximum atomic E-state index is 13.6. The van der Waals surface area contributed by atoms with Gasteiger partial charge >= 0.3 is 23.9 Å². The maximum Gasteiger partial charge on any atom is 0.305 e. The minimum absolute atomic E-state index is 0.149. The van der Waals surface area contributed by atoms with Crippen LogP contribution in [-0.4, -0.2) is 74.8 Å². The summed E-state index contributed by atoms with van der Waals surface area (Å²) >= 11 is 0. The fourth-order valence-electron chi connectivity index (χ4n) is 13.2. The number of esters is 4. The fourth-order valence-corrected chi connectivity index (χ4v) is 13.2. The molecule has 68 heavy (non-hydrogen) atoms. The predicted octanol–water partition coefficient (Wildman–Crippen LogP) is 15.7. The zero-order valence-electron chi connectivity index (χ0n) is 46.2. The van der Waals surface area contributed by atoms with Crippen molar-refractivity contribution in [2.24, 2.45) is 33.5 Å². The lowest BCUT2D eigenvalue weighted by molar-refractivity contribution is -0.196. The number of rotatable bonds is 42. The molecule has 2 aliphatic rings. The van der Waals surface area contributed by atoms with Gasteiger partial charge in [0.2, 0.25) is 0 Å². The lowest BCUT2D eigenvalue weighted by Gasteiger charge is -2.62. The van der Waals surface area contributed by atoms with Gasteiger partial charge in [0.05, 0.1) is 26.4 Å². The average molecular weight is 961 g/mol. The molecule has 0 radical (unpaired) electrons. The molecule has 2 rings (SSSR count). The zero-order valence-corrected chi connectivity index (χ0v) is 46.2. The summed E-state index contributed by atoms with van der Waals surface area (Å²) in [7, 11) is 0. The first kappa shape index (κ1) is 62.0. The van der Waals surface area contributed by atoms with Crippen molar-refractivity contribution >= 4 is 23.9 Å². The minimum atomic E-state index is -0.472. The molecule has 4 atom stereocenters. The smallest absolute Gasteiger partial charge is 0.305 e. The van der Waals surface area contributed by atoms with E-state index in [2.05, 4.69) is 67.2 Å². The van der Waals surface area contributed by atoms with Gasteiger partial charge in [-0.05, 0) is 102 Å². The fraction of sp³-hybridized carbons (Fsp3) is 0.932. The van der Waals surface area contributed by atoms with Crippen LogP contribution in [0.4, 0.5) is 0 Å². The summed E-state index contributed by atoms with van der Waals surface area (Å²) in [5.74, 6) is 0.646. The standard InChI is InChI=1S/C59H109NO8/c1-10-17-18-19-20-21-22-23-24-25-26-36-52(61)67-48-58-41-56(8,46-65-53(62)37-27-34-50(30-11-2)31-12-3)42-59(45-58,49-68-54(63)38-28-35-51(32-13-4)33-14-5)44-57(9,43-58)47-66-55(64)39-29-40-60(15-6)16-7/h50-51H,10-49H2,1-9H3. The number of hydrogen-bond acceptors (Lipinski definition) is 9. The molecule has 0 amide bonds. The number of hydrogen-bond donors (Lipinski definition) is 0. The highest BCUT2D eigenvalue weighted by Crippen LogP contribution is 2.66. The van der Waals surface area contributed by atoms with Crippen LogP contribution in [0.25, 0.3) is 0 Å². The molecule has 2 fully saturated rings. The lowest BCUT2D eigenvalue weighted by atomic mass is 9.44. The monoisotopic (exact) mass is 960 g/mol. The number of fused-ring (bicyclic) bond motifs is 2. The predicted molar refractivity (Wildman–Crippen MR) is 280 cm³/mol. The van der Waals surface area contributed by atoms with E-state index < -0.39 is 21.7 Å². The molecule has 2 bridgehead atoms. The summed E-state index contributed by atoms with van der Waals surface area (Å²) in [6.45, 7) is 23.7. The van der Waals surface area contributed by atoms with Gasteiger partial charge in [-0.2, -0.15) is 0 Å². The molecule has 2 saturated carbocycles. The second kappa shape index (κ2) is 35.0. The topological polar surface area (TPSA) is 108 Å². The van der Waals surface area contributed by atoms with Crippen molar-refractivity contribution in [1.82, 2.24) is 4.90 Å². The second-order valence-electron chi connectivity index (χ2n) is 23.2. The van der Waals surface area contributed by atoms with Crippen molar-refractivity contribution in [3.05, 3.63) is 0 Å². The van der Waals surface area contributed by atoms with Gasteiger partial charge in [0.15, 0.2) is 0 Å². The summed E-state index contributed by atoms with van der Waals surface area (Å²) in [6.07, 6.45) is 32.5. The van der Waals surface area contributed by atoms with Crippen LogP contribution >= 0.6 is 0 Å². The van der Waals surface area contributed by atoms with E-state index in [0.29, 0.717) is 63.2 Å². The molecule has 0 aliphatic heterocycles. The van der Waals surface area contributed by atoms with Gasteiger partial charge < -0.3 is 23.8 Å². The molecule has 398 valence electrons. The summed E-state index contributed by atoms with van der Waals surface area (Å²) in [5, 5.41) is 0. The summed E-state index contributed by atoms with van der Waals surface area (Å²) < 4.78 is 25.0. The van der Waals surface area contributed by atoms with Gasteiger partial charge in [-0.3, -0.25) is 19.2 Å². The Labute approximate surface area is 419 Å². The highest BCUT2D eigenvalue weighted by Gasteiger charge is 2.61. The first-order valence-corrected chi connectivity index (χ1v) is 29.0. The molecule has 9 heteroatoms. The van der Waals surface area contributed by atoms with Crippen LogP contribution in [0.2, 0.25) is 0 Å². The van der Waals surface area contributed by atoms with Crippen LogP contribution in [0, 0.1) is 33.5 Å². The largest absolute Gasteiger partial charge is 0.465 e. The Balaban J connectivity index is 2.31. The molecule has 0 aromatic heterocycles. The van der Waals surface area contributed by atoms with E-state index in [0.717, 1.165) is 103 Å². The van der Waals surface area contributed by atoms with Gasteiger partial charge in [0, 0.05) is 47.3 Å². The third kappa shape index (κ3) is 25.8. The Morgan fingerprint density at radius 1 is 0.382 bits per heavy atom. The van der Waals surface area contributed by atoms with E-state index in [1.807, 2.05) is 0 Å². The molecule has 0 aromatic rings. The van der Waals surface area contributed by atoms with Crippen LogP contribution < -0.4 is 0 Å². The third-order valence-corrected chi connectivity index (χ3v) is 15.7. The Kier molecular flexibility index (Phi) is 31.9. The van der Waals surface area contributed by atoms with Crippen LogP contribution in [-0.2, 0) is 38.1 Å². The number of ether oxygens (including phenoxy) is 4. The van der Waals surface area contributed by atoms with Gasteiger partial charge in [-0.1, -0.05) is 178 Å². The van der Waals surface area contributed by atoms with E-state index in [9.17, 15) is 19.2 Å². The van der Waals surface area contributed by atoms with Gasteiger partial charge in [-0.25, -0.2) is 0 Å². The molecule has 2 aliphatic carbocycles. The second-order valence-corrected chi connectivity index (χ2v) is 23.2. The first-order valence-electron chi connectivity index (χ1n) is 29.0. The Bertz CT molecular complexity index is 1350. The molecule has 9 nitrogen and oxygen atoms in total.